The highest BCUT2D eigenvalue weighted by molar-refractivity contribution is 5.83. The van der Waals surface area contributed by atoms with Gasteiger partial charge in [-0.1, -0.05) is 0 Å². The van der Waals surface area contributed by atoms with E-state index in [2.05, 4.69) is 10.6 Å². The number of likely N-dealkylation sites (tertiary alicyclic amines) is 1. The van der Waals surface area contributed by atoms with Gasteiger partial charge < -0.3 is 15.5 Å². The number of carbonyl (C=O) groups is 2. The van der Waals surface area contributed by atoms with Gasteiger partial charge in [-0.25, -0.2) is 0 Å². The van der Waals surface area contributed by atoms with Crippen molar-refractivity contribution >= 4 is 11.8 Å². The van der Waals surface area contributed by atoms with Gasteiger partial charge in [0.25, 0.3) is 0 Å². The summed E-state index contributed by atoms with van der Waals surface area (Å²) in [7, 11) is 0. The van der Waals surface area contributed by atoms with Crippen molar-refractivity contribution in [2.45, 2.75) is 45.4 Å². The predicted octanol–water partition coefficient (Wildman–Crippen LogP) is 0.895. The van der Waals surface area contributed by atoms with Crippen molar-refractivity contribution in [2.24, 2.45) is 5.41 Å². The molecule has 2 fully saturated rings. The molecule has 2 saturated heterocycles. The van der Waals surface area contributed by atoms with Crippen LogP contribution in [-0.2, 0) is 9.59 Å². The van der Waals surface area contributed by atoms with E-state index < -0.39 is 0 Å². The van der Waals surface area contributed by atoms with E-state index in [0.717, 1.165) is 51.9 Å². The highest BCUT2D eigenvalue weighted by Crippen LogP contribution is 2.25. The molecule has 5 nitrogen and oxygen atoms in total. The monoisotopic (exact) mass is 281 g/mol. The maximum Gasteiger partial charge on any atom is 0.227 e. The third-order valence-corrected chi connectivity index (χ3v) is 4.48. The van der Waals surface area contributed by atoms with E-state index in [0.29, 0.717) is 13.0 Å². The molecule has 2 rings (SSSR count). The summed E-state index contributed by atoms with van der Waals surface area (Å²) in [4.78, 5) is 26.1. The Morgan fingerprint density at radius 3 is 2.60 bits per heavy atom. The molecular weight excluding hydrogens is 254 g/mol. The number of hydrogen-bond acceptors (Lipinski definition) is 3. The van der Waals surface area contributed by atoms with Gasteiger partial charge in [0.15, 0.2) is 0 Å². The molecule has 0 aliphatic carbocycles. The van der Waals surface area contributed by atoms with Gasteiger partial charge in [-0.2, -0.15) is 0 Å². The number of piperidine rings is 2. The van der Waals surface area contributed by atoms with Crippen molar-refractivity contribution in [3.8, 4) is 0 Å². The maximum atomic E-state index is 12.2. The fraction of sp³-hybridized carbons (Fsp3) is 0.867. The van der Waals surface area contributed by atoms with Crippen LogP contribution in [0.2, 0.25) is 0 Å². The minimum absolute atomic E-state index is 0.0798. The third kappa shape index (κ3) is 3.95. The number of carbonyl (C=O) groups excluding carboxylic acids is 2. The van der Waals surface area contributed by atoms with Gasteiger partial charge in [0.1, 0.15) is 0 Å². The molecule has 2 aliphatic rings. The zero-order valence-corrected chi connectivity index (χ0v) is 12.5. The van der Waals surface area contributed by atoms with E-state index in [-0.39, 0.29) is 17.2 Å². The number of rotatable bonds is 4. The lowest BCUT2D eigenvalue weighted by atomic mass is 9.82. The van der Waals surface area contributed by atoms with Crippen LogP contribution in [0, 0.1) is 5.41 Å². The van der Waals surface area contributed by atoms with Crippen LogP contribution in [0.15, 0.2) is 0 Å². The van der Waals surface area contributed by atoms with Gasteiger partial charge in [0, 0.05) is 32.6 Å². The van der Waals surface area contributed by atoms with Crippen LogP contribution >= 0.6 is 0 Å². The average molecular weight is 281 g/mol. The van der Waals surface area contributed by atoms with Crippen LogP contribution in [0.4, 0.5) is 0 Å². The minimum Gasteiger partial charge on any atom is -0.355 e. The summed E-state index contributed by atoms with van der Waals surface area (Å²) >= 11 is 0. The van der Waals surface area contributed by atoms with Gasteiger partial charge in [-0.3, -0.25) is 9.59 Å². The Hall–Kier alpha value is -1.10. The second kappa shape index (κ2) is 7.07. The summed E-state index contributed by atoms with van der Waals surface area (Å²) < 4.78 is 0. The molecular formula is C15H27N3O2. The van der Waals surface area contributed by atoms with Crippen LogP contribution < -0.4 is 10.6 Å². The molecule has 0 aromatic heterocycles. The van der Waals surface area contributed by atoms with Crippen molar-refractivity contribution in [1.82, 2.24) is 15.5 Å². The minimum atomic E-state index is -0.313. The van der Waals surface area contributed by atoms with Crippen LogP contribution in [0.25, 0.3) is 0 Å². The second-order valence-corrected chi connectivity index (χ2v) is 6.29. The summed E-state index contributed by atoms with van der Waals surface area (Å²) in [6.07, 6.45) is 5.84. The number of nitrogens with zero attached hydrogens (tertiary/aromatic N) is 1. The standard InChI is InChI=1S/C15H27N3O2/c1-15(7-5-8-16-12-15)14(20)17-9-6-13(19)18-10-3-2-4-11-18/h16H,2-12H2,1H3,(H,17,20). The molecule has 0 bridgehead atoms. The SMILES string of the molecule is CC1(C(=O)NCCC(=O)N2CCCCC2)CCCNC1. The molecule has 0 radical (unpaired) electrons. The lowest BCUT2D eigenvalue weighted by Gasteiger charge is -2.32. The Labute approximate surface area is 121 Å². The van der Waals surface area contributed by atoms with E-state index in [1.54, 1.807) is 0 Å². The van der Waals surface area contributed by atoms with E-state index >= 15 is 0 Å². The summed E-state index contributed by atoms with van der Waals surface area (Å²) in [6, 6.07) is 0. The van der Waals surface area contributed by atoms with Crippen molar-refractivity contribution in [3.63, 3.8) is 0 Å². The van der Waals surface area contributed by atoms with Crippen LogP contribution in [0.3, 0.4) is 0 Å². The van der Waals surface area contributed by atoms with Gasteiger partial charge in [0.2, 0.25) is 11.8 Å². The fourth-order valence-corrected chi connectivity index (χ4v) is 3.05. The highest BCUT2D eigenvalue weighted by Gasteiger charge is 2.34. The molecule has 2 amide bonds. The summed E-state index contributed by atoms with van der Waals surface area (Å²) in [5, 5.41) is 6.21. The normalized spacial score (nSPS) is 27.1. The molecule has 2 heterocycles. The predicted molar refractivity (Wildman–Crippen MR) is 78.3 cm³/mol. The molecule has 20 heavy (non-hydrogen) atoms. The summed E-state index contributed by atoms with van der Waals surface area (Å²) in [5.41, 5.74) is -0.313. The van der Waals surface area contributed by atoms with E-state index in [1.165, 1.54) is 6.42 Å². The Kier molecular flexibility index (Phi) is 5.40. The highest BCUT2D eigenvalue weighted by atomic mass is 16.2. The quantitative estimate of drug-likeness (QED) is 0.804. The van der Waals surface area contributed by atoms with Gasteiger partial charge in [-0.05, 0) is 45.6 Å². The zero-order valence-electron chi connectivity index (χ0n) is 12.5. The van der Waals surface area contributed by atoms with Gasteiger partial charge in [-0.15, -0.1) is 0 Å². The molecule has 0 saturated carbocycles. The Morgan fingerprint density at radius 2 is 1.95 bits per heavy atom. The third-order valence-electron chi connectivity index (χ3n) is 4.48. The smallest absolute Gasteiger partial charge is 0.227 e. The second-order valence-electron chi connectivity index (χ2n) is 6.29. The lowest BCUT2D eigenvalue weighted by Crippen LogP contribution is -2.49. The molecule has 114 valence electrons. The van der Waals surface area contributed by atoms with Crippen molar-refractivity contribution in [3.05, 3.63) is 0 Å². The van der Waals surface area contributed by atoms with Gasteiger partial charge >= 0.3 is 0 Å². The molecule has 1 atom stereocenters. The first kappa shape index (κ1) is 15.3. The average Bonchev–Trinajstić information content (AvgIpc) is 2.48. The van der Waals surface area contributed by atoms with Crippen LogP contribution in [0.1, 0.15) is 45.4 Å². The van der Waals surface area contributed by atoms with E-state index in [4.69, 9.17) is 0 Å². The Balaban J connectivity index is 1.69. The molecule has 2 N–H and O–H groups in total. The van der Waals surface area contributed by atoms with Crippen molar-refractivity contribution in [1.29, 1.82) is 0 Å². The zero-order chi connectivity index (χ0) is 14.4. The number of hydrogen-bond donors (Lipinski definition) is 2. The Bertz CT molecular complexity index is 345. The van der Waals surface area contributed by atoms with Gasteiger partial charge in [0.05, 0.1) is 5.41 Å². The summed E-state index contributed by atoms with van der Waals surface area (Å²) in [6.45, 7) is 5.96. The van der Waals surface area contributed by atoms with Crippen LogP contribution in [-0.4, -0.2) is 49.4 Å². The number of nitrogens with one attached hydrogen (secondary N) is 2. The molecule has 2 aliphatic heterocycles. The molecule has 0 spiro atoms. The van der Waals surface area contributed by atoms with E-state index in [1.807, 2.05) is 11.8 Å². The molecule has 1 unspecified atom stereocenters. The Morgan fingerprint density at radius 1 is 1.20 bits per heavy atom. The van der Waals surface area contributed by atoms with E-state index in [9.17, 15) is 9.59 Å². The first-order chi connectivity index (χ1) is 9.62. The number of amides is 2. The fourth-order valence-electron chi connectivity index (χ4n) is 3.05. The van der Waals surface area contributed by atoms with Crippen molar-refractivity contribution in [2.75, 3.05) is 32.7 Å². The first-order valence-corrected chi connectivity index (χ1v) is 7.89. The molecule has 0 aromatic rings. The topological polar surface area (TPSA) is 61.4 Å². The van der Waals surface area contributed by atoms with Crippen LogP contribution in [0.5, 0.6) is 0 Å². The summed E-state index contributed by atoms with van der Waals surface area (Å²) in [5.74, 6) is 0.257. The largest absolute Gasteiger partial charge is 0.355 e. The maximum absolute atomic E-state index is 12.2. The molecule has 0 aromatic carbocycles. The lowest BCUT2D eigenvalue weighted by molar-refractivity contribution is -0.133. The first-order valence-electron chi connectivity index (χ1n) is 7.89. The van der Waals surface area contributed by atoms with Crippen molar-refractivity contribution < 1.29 is 9.59 Å². The molecule has 5 heteroatoms.